The third kappa shape index (κ3) is 3.15. The summed E-state index contributed by atoms with van der Waals surface area (Å²) in [4.78, 5) is 10.3. The standard InChI is InChI=1S/C10H13NO2.H2/c1-2-3-8-4-6-9(7-5-8)11-10(12)13;/h4-7,11H,2-3H2,1H3,(H,12,13);1H. The molecule has 72 valence electrons. The second kappa shape index (κ2) is 4.50. The van der Waals surface area contributed by atoms with Gasteiger partial charge in [-0.2, -0.15) is 0 Å². The Hall–Kier alpha value is -1.51. The van der Waals surface area contributed by atoms with Crippen molar-refractivity contribution in [3.63, 3.8) is 0 Å². The van der Waals surface area contributed by atoms with Crippen LogP contribution in [0.4, 0.5) is 10.5 Å². The first kappa shape index (κ1) is 9.58. The summed E-state index contributed by atoms with van der Waals surface area (Å²) in [5.41, 5.74) is 1.85. The Morgan fingerprint density at radius 3 is 2.54 bits per heavy atom. The van der Waals surface area contributed by atoms with E-state index in [9.17, 15) is 4.79 Å². The number of benzene rings is 1. The summed E-state index contributed by atoms with van der Waals surface area (Å²) in [7, 11) is 0. The van der Waals surface area contributed by atoms with Crippen LogP contribution in [0.3, 0.4) is 0 Å². The first-order chi connectivity index (χ1) is 6.22. The zero-order valence-electron chi connectivity index (χ0n) is 7.58. The molecule has 0 aliphatic heterocycles. The third-order valence-electron chi connectivity index (χ3n) is 1.74. The molecule has 0 aliphatic carbocycles. The number of carboxylic acid groups (broad SMARTS) is 1. The average Bonchev–Trinajstić information content (AvgIpc) is 2.08. The molecule has 0 saturated carbocycles. The molecule has 0 spiro atoms. The summed E-state index contributed by atoms with van der Waals surface area (Å²) in [6.45, 7) is 2.11. The van der Waals surface area contributed by atoms with Gasteiger partial charge in [-0.3, -0.25) is 5.32 Å². The zero-order chi connectivity index (χ0) is 9.68. The number of hydrogen-bond acceptors (Lipinski definition) is 1. The molecule has 0 bridgehead atoms. The van der Waals surface area contributed by atoms with Gasteiger partial charge in [-0.15, -0.1) is 0 Å². The van der Waals surface area contributed by atoms with Crippen molar-refractivity contribution in [3.8, 4) is 0 Å². The molecule has 0 aliphatic rings. The fraction of sp³-hybridized carbons (Fsp3) is 0.300. The third-order valence-corrected chi connectivity index (χ3v) is 1.74. The molecule has 0 aromatic heterocycles. The quantitative estimate of drug-likeness (QED) is 0.753. The van der Waals surface area contributed by atoms with Gasteiger partial charge in [-0.25, -0.2) is 4.79 Å². The molecular formula is C10H15NO2. The summed E-state index contributed by atoms with van der Waals surface area (Å²) in [6, 6.07) is 7.43. The summed E-state index contributed by atoms with van der Waals surface area (Å²) in [5, 5.41) is 10.7. The second-order valence-corrected chi connectivity index (χ2v) is 2.88. The van der Waals surface area contributed by atoms with E-state index in [0.29, 0.717) is 5.69 Å². The Morgan fingerprint density at radius 2 is 2.08 bits per heavy atom. The van der Waals surface area contributed by atoms with Crippen molar-refractivity contribution >= 4 is 11.8 Å². The Balaban J connectivity index is 0.00000169. The molecule has 1 amide bonds. The number of carbonyl (C=O) groups is 1. The van der Waals surface area contributed by atoms with E-state index in [0.717, 1.165) is 12.8 Å². The number of amides is 1. The van der Waals surface area contributed by atoms with E-state index in [1.165, 1.54) is 5.56 Å². The van der Waals surface area contributed by atoms with E-state index in [1.54, 1.807) is 12.1 Å². The van der Waals surface area contributed by atoms with E-state index < -0.39 is 6.09 Å². The minimum Gasteiger partial charge on any atom is -0.465 e. The predicted molar refractivity (Wildman–Crippen MR) is 54.2 cm³/mol. The fourth-order valence-corrected chi connectivity index (χ4v) is 1.17. The van der Waals surface area contributed by atoms with Crippen LogP contribution in [-0.4, -0.2) is 11.2 Å². The van der Waals surface area contributed by atoms with Gasteiger partial charge in [0.25, 0.3) is 0 Å². The van der Waals surface area contributed by atoms with E-state index >= 15 is 0 Å². The number of anilines is 1. The number of aryl methyl sites for hydroxylation is 1. The number of rotatable bonds is 3. The van der Waals surface area contributed by atoms with Gasteiger partial charge < -0.3 is 5.11 Å². The summed E-state index contributed by atoms with van der Waals surface area (Å²) >= 11 is 0. The molecule has 3 heteroatoms. The highest BCUT2D eigenvalue weighted by atomic mass is 16.4. The molecular weight excluding hydrogens is 166 g/mol. The minimum absolute atomic E-state index is 0. The lowest BCUT2D eigenvalue weighted by molar-refractivity contribution is 0.210. The first-order valence-electron chi connectivity index (χ1n) is 4.31. The van der Waals surface area contributed by atoms with Crippen molar-refractivity contribution in [2.24, 2.45) is 0 Å². The van der Waals surface area contributed by atoms with Gasteiger partial charge in [0.1, 0.15) is 0 Å². The van der Waals surface area contributed by atoms with Crippen molar-refractivity contribution < 1.29 is 11.3 Å². The maximum Gasteiger partial charge on any atom is 0.409 e. The Bertz CT molecular complexity index is 285. The molecule has 0 radical (unpaired) electrons. The summed E-state index contributed by atoms with van der Waals surface area (Å²) in [5.74, 6) is 0. The van der Waals surface area contributed by atoms with Gasteiger partial charge in [-0.05, 0) is 24.1 Å². The Kier molecular flexibility index (Phi) is 3.31. The van der Waals surface area contributed by atoms with Crippen molar-refractivity contribution in [1.82, 2.24) is 0 Å². The van der Waals surface area contributed by atoms with Crippen LogP contribution in [0.5, 0.6) is 0 Å². The van der Waals surface area contributed by atoms with Gasteiger partial charge in [0, 0.05) is 7.11 Å². The van der Waals surface area contributed by atoms with E-state index in [2.05, 4.69) is 12.2 Å². The van der Waals surface area contributed by atoms with Crippen LogP contribution in [0.15, 0.2) is 24.3 Å². The first-order valence-corrected chi connectivity index (χ1v) is 4.31. The van der Waals surface area contributed by atoms with Crippen molar-refractivity contribution in [2.45, 2.75) is 19.8 Å². The lowest BCUT2D eigenvalue weighted by atomic mass is 10.1. The molecule has 1 aromatic rings. The molecule has 3 nitrogen and oxygen atoms in total. The second-order valence-electron chi connectivity index (χ2n) is 2.88. The molecule has 0 unspecified atom stereocenters. The highest BCUT2D eigenvalue weighted by Crippen LogP contribution is 2.10. The molecule has 0 fully saturated rings. The largest absolute Gasteiger partial charge is 0.465 e. The molecule has 1 aromatic carbocycles. The zero-order valence-corrected chi connectivity index (χ0v) is 7.58. The lowest BCUT2D eigenvalue weighted by Gasteiger charge is -2.02. The van der Waals surface area contributed by atoms with Crippen LogP contribution in [0, 0.1) is 0 Å². The highest BCUT2D eigenvalue weighted by molar-refractivity contribution is 5.82. The Labute approximate surface area is 78.9 Å². The average molecular weight is 181 g/mol. The van der Waals surface area contributed by atoms with Crippen LogP contribution in [0.1, 0.15) is 20.3 Å². The molecule has 2 N–H and O–H groups in total. The smallest absolute Gasteiger partial charge is 0.409 e. The molecule has 13 heavy (non-hydrogen) atoms. The maximum atomic E-state index is 10.3. The highest BCUT2D eigenvalue weighted by Gasteiger charge is 1.96. The van der Waals surface area contributed by atoms with Gasteiger partial charge in [-0.1, -0.05) is 25.5 Å². The van der Waals surface area contributed by atoms with Gasteiger partial charge >= 0.3 is 6.09 Å². The maximum absolute atomic E-state index is 10.3. The van der Waals surface area contributed by atoms with Crippen LogP contribution < -0.4 is 5.32 Å². The topological polar surface area (TPSA) is 49.3 Å². The van der Waals surface area contributed by atoms with Crippen LogP contribution in [0.2, 0.25) is 0 Å². The van der Waals surface area contributed by atoms with E-state index in [-0.39, 0.29) is 1.43 Å². The number of nitrogens with one attached hydrogen (secondary N) is 1. The van der Waals surface area contributed by atoms with E-state index in [4.69, 9.17) is 5.11 Å². The van der Waals surface area contributed by atoms with Crippen molar-refractivity contribution in [1.29, 1.82) is 0 Å². The summed E-state index contributed by atoms with van der Waals surface area (Å²) < 4.78 is 0. The van der Waals surface area contributed by atoms with Gasteiger partial charge in [0.05, 0.1) is 0 Å². The fourth-order valence-electron chi connectivity index (χ4n) is 1.17. The summed E-state index contributed by atoms with van der Waals surface area (Å²) in [6.07, 6.45) is 1.11. The Morgan fingerprint density at radius 1 is 1.46 bits per heavy atom. The lowest BCUT2D eigenvalue weighted by Crippen LogP contribution is -2.06. The SMILES string of the molecule is CCCc1ccc(NC(=O)O)cc1.[HH]. The number of hydrogen-bond donors (Lipinski definition) is 2. The van der Waals surface area contributed by atoms with Gasteiger partial charge in [0.2, 0.25) is 0 Å². The normalized spacial score (nSPS) is 9.62. The predicted octanol–water partition coefficient (Wildman–Crippen LogP) is 2.98. The molecule has 1 rings (SSSR count). The molecule has 0 heterocycles. The minimum atomic E-state index is -1.02. The molecule has 0 atom stereocenters. The monoisotopic (exact) mass is 181 g/mol. The van der Waals surface area contributed by atoms with Gasteiger partial charge in [0.15, 0.2) is 0 Å². The van der Waals surface area contributed by atoms with Crippen molar-refractivity contribution in [2.75, 3.05) is 5.32 Å². The van der Waals surface area contributed by atoms with Crippen LogP contribution in [-0.2, 0) is 6.42 Å². The van der Waals surface area contributed by atoms with Crippen LogP contribution in [0.25, 0.3) is 0 Å². The molecule has 0 saturated heterocycles. The van der Waals surface area contributed by atoms with Crippen LogP contribution >= 0.6 is 0 Å². The van der Waals surface area contributed by atoms with E-state index in [1.807, 2.05) is 12.1 Å². The van der Waals surface area contributed by atoms with Crippen molar-refractivity contribution in [3.05, 3.63) is 29.8 Å².